The van der Waals surface area contributed by atoms with Crippen LogP contribution in [-0.4, -0.2) is 44.5 Å². The Hall–Kier alpha value is -2.16. The Morgan fingerprint density at radius 2 is 2.15 bits per heavy atom. The average molecular weight is 375 g/mol. The molecular weight excluding hydrogens is 354 g/mol. The smallest absolute Gasteiger partial charge is 0.234 e. The summed E-state index contributed by atoms with van der Waals surface area (Å²) in [6.07, 6.45) is 1.51. The van der Waals surface area contributed by atoms with Crippen molar-refractivity contribution in [3.05, 3.63) is 23.6 Å². The summed E-state index contributed by atoms with van der Waals surface area (Å²) in [5.74, 6) is 1.44. The molecule has 0 spiro atoms. The zero-order valence-electron chi connectivity index (χ0n) is 14.5. The van der Waals surface area contributed by atoms with E-state index < -0.39 is 5.41 Å². The summed E-state index contributed by atoms with van der Waals surface area (Å²) in [7, 11) is 1.64. The van der Waals surface area contributed by atoms with Crippen LogP contribution in [-0.2, 0) is 9.53 Å². The molecule has 4 rings (SSSR count). The molecule has 1 aromatic heterocycles. The van der Waals surface area contributed by atoms with Crippen LogP contribution >= 0.6 is 11.3 Å². The number of benzene rings is 1. The third-order valence-electron chi connectivity index (χ3n) is 4.86. The van der Waals surface area contributed by atoms with Gasteiger partial charge in [-0.2, -0.15) is 0 Å². The zero-order chi connectivity index (χ0) is 18.0. The lowest BCUT2D eigenvalue weighted by atomic mass is 9.79. The molecule has 0 atom stereocenters. The van der Waals surface area contributed by atoms with E-state index in [1.807, 2.05) is 23.6 Å². The zero-order valence-corrected chi connectivity index (χ0v) is 15.4. The lowest BCUT2D eigenvalue weighted by Gasteiger charge is -2.35. The lowest BCUT2D eigenvalue weighted by molar-refractivity contribution is -0.130. The summed E-state index contributed by atoms with van der Waals surface area (Å²) in [5.41, 5.74) is 1.24. The lowest BCUT2D eigenvalue weighted by Crippen LogP contribution is -2.47. The summed E-state index contributed by atoms with van der Waals surface area (Å²) >= 11 is 1.42. The summed E-state index contributed by atoms with van der Waals surface area (Å²) in [6.45, 7) is 2.29. The first kappa shape index (κ1) is 17.3. The predicted octanol–water partition coefficient (Wildman–Crippen LogP) is 2.49. The fraction of sp³-hybridized carbons (Fsp3) is 0.444. The molecular formula is C18H21N3O4S. The highest BCUT2D eigenvalue weighted by Gasteiger charge is 2.40. The topological polar surface area (TPSA) is 81.7 Å². The molecule has 0 saturated carbocycles. The number of anilines is 1. The quantitative estimate of drug-likeness (QED) is 0.836. The highest BCUT2D eigenvalue weighted by Crippen LogP contribution is 2.37. The van der Waals surface area contributed by atoms with E-state index in [9.17, 15) is 4.79 Å². The van der Waals surface area contributed by atoms with Gasteiger partial charge >= 0.3 is 0 Å². The van der Waals surface area contributed by atoms with Crippen molar-refractivity contribution in [1.82, 2.24) is 10.3 Å². The second-order valence-electron chi connectivity index (χ2n) is 6.52. The van der Waals surface area contributed by atoms with Crippen molar-refractivity contribution in [1.29, 1.82) is 0 Å². The second-order valence-corrected chi connectivity index (χ2v) is 7.38. The van der Waals surface area contributed by atoms with Gasteiger partial charge in [-0.15, -0.1) is 11.3 Å². The third-order valence-corrected chi connectivity index (χ3v) is 5.61. The van der Waals surface area contributed by atoms with Gasteiger partial charge in [-0.25, -0.2) is 4.98 Å². The van der Waals surface area contributed by atoms with Crippen LogP contribution < -0.4 is 20.1 Å². The van der Waals surface area contributed by atoms with Crippen LogP contribution in [0.25, 0.3) is 11.3 Å². The van der Waals surface area contributed by atoms with E-state index in [2.05, 4.69) is 15.6 Å². The number of nitrogens with zero attached hydrogens (tertiary/aromatic N) is 1. The molecule has 1 amide bonds. The Kier molecular flexibility index (Phi) is 4.80. The summed E-state index contributed by atoms with van der Waals surface area (Å²) in [4.78, 5) is 17.5. The van der Waals surface area contributed by atoms with Crippen molar-refractivity contribution < 1.29 is 19.0 Å². The number of rotatable bonds is 5. The molecule has 8 heteroatoms. The number of methoxy groups -OCH3 is 1. The number of nitrogens with one attached hydrogen (secondary N) is 2. The van der Waals surface area contributed by atoms with Crippen LogP contribution in [0.2, 0.25) is 0 Å². The third kappa shape index (κ3) is 3.27. The van der Waals surface area contributed by atoms with E-state index in [4.69, 9.17) is 14.2 Å². The minimum Gasteiger partial charge on any atom is -0.454 e. The highest BCUT2D eigenvalue weighted by molar-refractivity contribution is 7.14. The van der Waals surface area contributed by atoms with Gasteiger partial charge in [-0.05, 0) is 44.1 Å². The van der Waals surface area contributed by atoms with E-state index in [1.54, 1.807) is 7.11 Å². The Morgan fingerprint density at radius 1 is 1.35 bits per heavy atom. The average Bonchev–Trinajstić information content (AvgIpc) is 3.31. The first-order valence-electron chi connectivity index (χ1n) is 8.57. The number of amides is 1. The first-order valence-corrected chi connectivity index (χ1v) is 9.45. The fourth-order valence-electron chi connectivity index (χ4n) is 3.37. The maximum atomic E-state index is 12.9. The van der Waals surface area contributed by atoms with Gasteiger partial charge in [0, 0.05) is 18.1 Å². The second kappa shape index (κ2) is 7.22. The van der Waals surface area contributed by atoms with Crippen molar-refractivity contribution in [2.75, 3.05) is 38.9 Å². The van der Waals surface area contributed by atoms with Gasteiger partial charge in [0.25, 0.3) is 0 Å². The van der Waals surface area contributed by atoms with Crippen LogP contribution in [0.1, 0.15) is 12.8 Å². The van der Waals surface area contributed by atoms with Crippen LogP contribution in [0.5, 0.6) is 11.5 Å². The molecule has 2 N–H and O–H groups in total. The minimum atomic E-state index is -0.495. The van der Waals surface area contributed by atoms with Crippen molar-refractivity contribution in [2.45, 2.75) is 12.8 Å². The molecule has 2 aliphatic heterocycles. The molecule has 2 aliphatic rings. The van der Waals surface area contributed by atoms with Crippen LogP contribution in [0, 0.1) is 5.41 Å². The van der Waals surface area contributed by atoms with Crippen molar-refractivity contribution >= 4 is 22.4 Å². The Balaban J connectivity index is 1.50. The number of piperidine rings is 1. The minimum absolute atomic E-state index is 0.0209. The van der Waals surface area contributed by atoms with E-state index in [-0.39, 0.29) is 12.7 Å². The normalized spacial score (nSPS) is 17.9. The van der Waals surface area contributed by atoms with E-state index in [0.717, 1.165) is 48.7 Å². The summed E-state index contributed by atoms with van der Waals surface area (Å²) in [6, 6.07) is 5.72. The Morgan fingerprint density at radius 3 is 2.96 bits per heavy atom. The predicted molar refractivity (Wildman–Crippen MR) is 98.7 cm³/mol. The van der Waals surface area contributed by atoms with Gasteiger partial charge in [0.2, 0.25) is 12.7 Å². The van der Waals surface area contributed by atoms with Crippen molar-refractivity contribution in [2.24, 2.45) is 5.41 Å². The van der Waals surface area contributed by atoms with E-state index in [1.165, 1.54) is 11.3 Å². The Bertz CT molecular complexity index is 796. The van der Waals surface area contributed by atoms with E-state index >= 15 is 0 Å². The number of thiazole rings is 1. The van der Waals surface area contributed by atoms with Gasteiger partial charge in [0.1, 0.15) is 0 Å². The molecule has 138 valence electrons. The fourth-order valence-corrected chi connectivity index (χ4v) is 4.08. The van der Waals surface area contributed by atoms with Gasteiger partial charge in [-0.1, -0.05) is 0 Å². The molecule has 1 fully saturated rings. The molecule has 0 radical (unpaired) electrons. The monoisotopic (exact) mass is 375 g/mol. The van der Waals surface area contributed by atoms with Gasteiger partial charge in [0.15, 0.2) is 16.6 Å². The standard InChI is InChI=1S/C18H21N3O4S/c1-23-10-18(4-6-19-7-5-18)16(22)21-17-20-13(9-26-17)12-2-3-14-15(8-12)25-11-24-14/h2-3,8-9,19H,4-7,10-11H2,1H3,(H,20,21,22). The number of hydrogen-bond donors (Lipinski definition) is 2. The molecule has 0 aliphatic carbocycles. The molecule has 1 aromatic carbocycles. The largest absolute Gasteiger partial charge is 0.454 e. The number of aromatic nitrogens is 1. The number of ether oxygens (including phenoxy) is 3. The number of fused-ring (bicyclic) bond motifs is 1. The molecule has 2 aromatic rings. The molecule has 7 nitrogen and oxygen atoms in total. The van der Waals surface area contributed by atoms with Crippen LogP contribution in [0.4, 0.5) is 5.13 Å². The number of carbonyl (C=O) groups is 1. The molecule has 0 bridgehead atoms. The highest BCUT2D eigenvalue weighted by atomic mass is 32.1. The maximum Gasteiger partial charge on any atom is 0.234 e. The Labute approximate surface area is 155 Å². The van der Waals surface area contributed by atoms with Gasteiger partial charge in [0.05, 0.1) is 17.7 Å². The van der Waals surface area contributed by atoms with Gasteiger partial charge < -0.3 is 24.8 Å². The maximum absolute atomic E-state index is 12.9. The molecule has 1 saturated heterocycles. The molecule has 3 heterocycles. The van der Waals surface area contributed by atoms with Crippen LogP contribution in [0.3, 0.4) is 0 Å². The van der Waals surface area contributed by atoms with E-state index in [0.29, 0.717) is 11.7 Å². The van der Waals surface area contributed by atoms with Gasteiger partial charge in [-0.3, -0.25) is 4.79 Å². The summed E-state index contributed by atoms with van der Waals surface area (Å²) in [5, 5.41) is 8.80. The number of carbonyl (C=O) groups excluding carboxylic acids is 1. The molecule has 0 unspecified atom stereocenters. The molecule has 26 heavy (non-hydrogen) atoms. The SMILES string of the molecule is COCC1(C(=O)Nc2nc(-c3ccc4c(c3)OCO4)cs2)CCNCC1. The first-order chi connectivity index (χ1) is 12.7. The van der Waals surface area contributed by atoms with Crippen molar-refractivity contribution in [3.8, 4) is 22.8 Å². The summed E-state index contributed by atoms with van der Waals surface area (Å²) < 4.78 is 16.1. The van der Waals surface area contributed by atoms with Crippen LogP contribution in [0.15, 0.2) is 23.6 Å². The number of hydrogen-bond acceptors (Lipinski definition) is 7. The van der Waals surface area contributed by atoms with Crippen molar-refractivity contribution in [3.63, 3.8) is 0 Å².